The van der Waals surface area contributed by atoms with Gasteiger partial charge in [0.2, 0.25) is 11.8 Å². The number of anilines is 1. The van der Waals surface area contributed by atoms with Crippen molar-refractivity contribution in [2.75, 3.05) is 25.0 Å². The van der Waals surface area contributed by atoms with Crippen LogP contribution in [0.5, 0.6) is 11.6 Å². The maximum absolute atomic E-state index is 12.9. The molecule has 2 heterocycles. The van der Waals surface area contributed by atoms with Gasteiger partial charge in [-0.15, -0.1) is 0 Å². The second kappa shape index (κ2) is 10.9. The monoisotopic (exact) mass is 484 g/mol. The van der Waals surface area contributed by atoms with E-state index < -0.39 is 0 Å². The fourth-order valence-corrected chi connectivity index (χ4v) is 5.11. The van der Waals surface area contributed by atoms with E-state index in [0.717, 1.165) is 50.9 Å². The number of pyridine rings is 1. The maximum Gasteiger partial charge on any atom is 0.251 e. The predicted octanol–water partition coefficient (Wildman–Crippen LogP) is 4.50. The first kappa shape index (κ1) is 24.0. The quantitative estimate of drug-likeness (QED) is 0.516. The fourth-order valence-electron chi connectivity index (χ4n) is 5.11. The van der Waals surface area contributed by atoms with Crippen molar-refractivity contribution in [3.8, 4) is 11.6 Å². The van der Waals surface area contributed by atoms with Crippen LogP contribution in [0.15, 0.2) is 60.8 Å². The Balaban J connectivity index is 1.15. The first-order valence-corrected chi connectivity index (χ1v) is 12.7. The zero-order valence-corrected chi connectivity index (χ0v) is 20.6. The zero-order chi connectivity index (χ0) is 24.9. The summed E-state index contributed by atoms with van der Waals surface area (Å²) in [6.07, 6.45) is 6.51. The molecule has 1 aliphatic carbocycles. The summed E-state index contributed by atoms with van der Waals surface area (Å²) in [4.78, 5) is 31.8. The van der Waals surface area contributed by atoms with E-state index in [1.807, 2.05) is 42.5 Å². The van der Waals surface area contributed by atoms with Crippen molar-refractivity contribution < 1.29 is 14.3 Å². The number of ether oxygens (including phenoxy) is 1. The predicted molar refractivity (Wildman–Crippen MR) is 140 cm³/mol. The standard InChI is InChI=1S/C29H32N4O3/c1-20-12-13-26(24-10-5-9-23(20)24)36-29-25(11-6-16-30-29)32-27(34)19-33-17-14-22(15-18-33)31-28(35)21-7-3-2-4-8-21/h2-4,6-8,11-13,16,22H,5,9-10,14-15,17-19H2,1H3,(H,31,35)(H,32,34). The van der Waals surface area contributed by atoms with Crippen LogP contribution in [0.2, 0.25) is 0 Å². The molecule has 0 unspecified atom stereocenters. The number of carbonyl (C=O) groups excluding carboxylic acids is 2. The number of nitrogens with one attached hydrogen (secondary N) is 2. The molecule has 0 saturated carbocycles. The van der Waals surface area contributed by atoms with Gasteiger partial charge in [0.25, 0.3) is 5.91 Å². The molecule has 2 aliphatic rings. The van der Waals surface area contributed by atoms with Crippen LogP contribution in [0.3, 0.4) is 0 Å². The van der Waals surface area contributed by atoms with Crippen molar-refractivity contribution in [1.82, 2.24) is 15.2 Å². The average molecular weight is 485 g/mol. The zero-order valence-electron chi connectivity index (χ0n) is 20.6. The molecule has 36 heavy (non-hydrogen) atoms. The minimum atomic E-state index is -0.103. The van der Waals surface area contributed by atoms with E-state index in [-0.39, 0.29) is 24.4 Å². The van der Waals surface area contributed by atoms with Gasteiger partial charge >= 0.3 is 0 Å². The summed E-state index contributed by atoms with van der Waals surface area (Å²) in [7, 11) is 0. The number of likely N-dealkylation sites (tertiary alicyclic amines) is 1. The van der Waals surface area contributed by atoms with Gasteiger partial charge in [-0.2, -0.15) is 0 Å². The molecule has 0 bridgehead atoms. The molecule has 3 aromatic rings. The molecule has 0 spiro atoms. The lowest BCUT2D eigenvalue weighted by Crippen LogP contribution is -2.46. The highest BCUT2D eigenvalue weighted by atomic mass is 16.5. The topological polar surface area (TPSA) is 83.6 Å². The number of nitrogens with zero attached hydrogens (tertiary/aromatic N) is 2. The molecule has 2 N–H and O–H groups in total. The van der Waals surface area contributed by atoms with Crippen LogP contribution in [-0.2, 0) is 17.6 Å². The molecular weight excluding hydrogens is 452 g/mol. The van der Waals surface area contributed by atoms with Crippen molar-refractivity contribution in [2.45, 2.75) is 45.1 Å². The highest BCUT2D eigenvalue weighted by molar-refractivity contribution is 5.94. The molecule has 1 aliphatic heterocycles. The number of carbonyl (C=O) groups is 2. The van der Waals surface area contributed by atoms with Crippen LogP contribution in [0, 0.1) is 6.92 Å². The first-order valence-electron chi connectivity index (χ1n) is 12.7. The molecule has 0 atom stereocenters. The molecule has 1 saturated heterocycles. The summed E-state index contributed by atoms with van der Waals surface area (Å²) in [5.74, 6) is 1.08. The highest BCUT2D eigenvalue weighted by Gasteiger charge is 2.23. The van der Waals surface area contributed by atoms with Gasteiger partial charge in [0.1, 0.15) is 11.4 Å². The smallest absolute Gasteiger partial charge is 0.251 e. The van der Waals surface area contributed by atoms with E-state index in [1.54, 1.807) is 12.3 Å². The van der Waals surface area contributed by atoms with E-state index in [1.165, 1.54) is 16.7 Å². The van der Waals surface area contributed by atoms with Gasteiger partial charge in [-0.3, -0.25) is 14.5 Å². The van der Waals surface area contributed by atoms with Crippen LogP contribution in [0.1, 0.15) is 46.3 Å². The third kappa shape index (κ3) is 5.57. The molecule has 186 valence electrons. The van der Waals surface area contributed by atoms with Crippen LogP contribution < -0.4 is 15.4 Å². The number of benzene rings is 2. The average Bonchev–Trinajstić information content (AvgIpc) is 3.40. The van der Waals surface area contributed by atoms with Crippen LogP contribution >= 0.6 is 0 Å². The van der Waals surface area contributed by atoms with Crippen LogP contribution in [0.4, 0.5) is 5.69 Å². The van der Waals surface area contributed by atoms with E-state index in [2.05, 4.69) is 33.5 Å². The Morgan fingerprint density at radius 3 is 2.58 bits per heavy atom. The van der Waals surface area contributed by atoms with E-state index in [9.17, 15) is 9.59 Å². The van der Waals surface area contributed by atoms with Gasteiger partial charge in [0, 0.05) is 30.9 Å². The van der Waals surface area contributed by atoms with E-state index >= 15 is 0 Å². The molecule has 7 nitrogen and oxygen atoms in total. The van der Waals surface area contributed by atoms with Crippen molar-refractivity contribution in [3.63, 3.8) is 0 Å². The summed E-state index contributed by atoms with van der Waals surface area (Å²) >= 11 is 0. The molecule has 1 aromatic heterocycles. The highest BCUT2D eigenvalue weighted by Crippen LogP contribution is 2.36. The second-order valence-corrected chi connectivity index (χ2v) is 9.59. The fraction of sp³-hybridized carbons (Fsp3) is 0.345. The van der Waals surface area contributed by atoms with Gasteiger partial charge in [0.05, 0.1) is 6.54 Å². The van der Waals surface area contributed by atoms with Gasteiger partial charge in [-0.25, -0.2) is 4.98 Å². The Morgan fingerprint density at radius 2 is 1.78 bits per heavy atom. The van der Waals surface area contributed by atoms with E-state index in [0.29, 0.717) is 17.1 Å². The lowest BCUT2D eigenvalue weighted by atomic mass is 10.0. The molecule has 0 radical (unpaired) electrons. The Morgan fingerprint density at radius 1 is 1.00 bits per heavy atom. The summed E-state index contributed by atoms with van der Waals surface area (Å²) in [6, 6.07) is 17.1. The number of piperidine rings is 1. The Hall–Kier alpha value is -3.71. The minimum absolute atomic E-state index is 0.0462. The second-order valence-electron chi connectivity index (χ2n) is 9.59. The minimum Gasteiger partial charge on any atom is -0.437 e. The van der Waals surface area contributed by atoms with Crippen LogP contribution in [-0.4, -0.2) is 47.4 Å². The lowest BCUT2D eigenvalue weighted by molar-refractivity contribution is -0.117. The van der Waals surface area contributed by atoms with Crippen molar-refractivity contribution >= 4 is 17.5 Å². The number of rotatable bonds is 7. The molecule has 2 aromatic carbocycles. The number of hydrogen-bond acceptors (Lipinski definition) is 5. The molecule has 2 amide bonds. The Labute approximate surface area is 211 Å². The van der Waals surface area contributed by atoms with Gasteiger partial charge in [0.15, 0.2) is 0 Å². The SMILES string of the molecule is Cc1ccc(Oc2ncccc2NC(=O)CN2CCC(NC(=O)c3ccccc3)CC2)c2c1CCC2. The number of aryl methyl sites for hydroxylation is 1. The third-order valence-electron chi connectivity index (χ3n) is 7.05. The van der Waals surface area contributed by atoms with Crippen molar-refractivity contribution in [3.05, 3.63) is 83.0 Å². The molecule has 1 fully saturated rings. The number of hydrogen-bond donors (Lipinski definition) is 2. The number of fused-ring (bicyclic) bond motifs is 1. The first-order chi connectivity index (χ1) is 17.6. The van der Waals surface area contributed by atoms with Crippen LogP contribution in [0.25, 0.3) is 0 Å². The summed E-state index contributed by atoms with van der Waals surface area (Å²) < 4.78 is 6.21. The lowest BCUT2D eigenvalue weighted by Gasteiger charge is -2.31. The third-order valence-corrected chi connectivity index (χ3v) is 7.05. The maximum atomic E-state index is 12.9. The van der Waals surface area contributed by atoms with Crippen molar-refractivity contribution in [1.29, 1.82) is 0 Å². The van der Waals surface area contributed by atoms with Gasteiger partial charge in [-0.1, -0.05) is 24.3 Å². The number of aromatic nitrogens is 1. The van der Waals surface area contributed by atoms with E-state index in [4.69, 9.17) is 4.74 Å². The molecule has 5 rings (SSSR count). The van der Waals surface area contributed by atoms with Gasteiger partial charge in [-0.05, 0) is 86.1 Å². The van der Waals surface area contributed by atoms with Gasteiger partial charge < -0.3 is 15.4 Å². The molecule has 7 heteroatoms. The summed E-state index contributed by atoms with van der Waals surface area (Å²) in [5.41, 5.74) is 5.16. The van der Waals surface area contributed by atoms with Crippen molar-refractivity contribution in [2.24, 2.45) is 0 Å². The Kier molecular flexibility index (Phi) is 7.28. The Bertz CT molecular complexity index is 1240. The largest absolute Gasteiger partial charge is 0.437 e. The summed E-state index contributed by atoms with van der Waals surface area (Å²) in [6.45, 7) is 3.92. The summed E-state index contributed by atoms with van der Waals surface area (Å²) in [5, 5.41) is 6.09. The molecular formula is C29H32N4O3. The number of amides is 2. The normalized spacial score (nSPS) is 15.8.